The van der Waals surface area contributed by atoms with Crippen LogP contribution in [0.25, 0.3) is 0 Å². The average Bonchev–Trinajstić information content (AvgIpc) is 1.38. The molecule has 0 fully saturated rings. The number of rotatable bonds is 1. The van der Waals surface area contributed by atoms with Gasteiger partial charge in [-0.15, -0.1) is 0 Å². The van der Waals surface area contributed by atoms with E-state index in [1.165, 1.54) is 0 Å². The van der Waals surface area contributed by atoms with Crippen LogP contribution in [0, 0.1) is 38.6 Å². The summed E-state index contributed by atoms with van der Waals surface area (Å²) in [5.74, 6) is 0. The molecule has 3 nitrogen and oxygen atoms in total. The minimum Gasteiger partial charge on any atom is 0 e. The van der Waals surface area contributed by atoms with Gasteiger partial charge in [-0.1, -0.05) is 0 Å². The molecule has 0 saturated heterocycles. The van der Waals surface area contributed by atoms with Crippen molar-refractivity contribution in [2.45, 2.75) is 0 Å². The minimum absolute atomic E-state index is 0. The molecule has 0 spiro atoms. The Morgan fingerprint density at radius 1 is 1.50 bits per heavy atom. The molecule has 2 N–H and O–H groups in total. The molecule has 0 aromatic rings. The fourth-order valence-electron chi connectivity index (χ4n) is 0. The van der Waals surface area contributed by atoms with E-state index in [4.69, 9.17) is 10.0 Å². The van der Waals surface area contributed by atoms with Crippen molar-refractivity contribution in [2.75, 3.05) is 0 Å². The first-order valence-corrected chi connectivity index (χ1v) is 1.98. The predicted octanol–water partition coefficient (Wildman–Crippen LogP) is -2.21. The predicted molar refractivity (Wildman–Crippen MR) is 18.4 cm³/mol. The second-order valence-corrected chi connectivity index (χ2v) is 1.03. The van der Waals surface area contributed by atoms with E-state index in [0.717, 1.165) is 22.7 Å². The largest absolute Gasteiger partial charge is 0 e. The van der Waals surface area contributed by atoms with Gasteiger partial charge in [0, 0.05) is 38.6 Å². The fourth-order valence-corrected chi connectivity index (χ4v) is 0. The van der Waals surface area contributed by atoms with Gasteiger partial charge in [-0.2, -0.15) is 0 Å². The van der Waals surface area contributed by atoms with Gasteiger partial charge >= 0.3 is 43.1 Å². The van der Waals surface area contributed by atoms with Gasteiger partial charge in [0.1, 0.15) is 0 Å². The third kappa shape index (κ3) is 9.39. The molecule has 0 aliphatic heterocycles. The topological polar surface area (TPSA) is 49.7 Å². The molecular formula is H3BO3TbTe. The first-order chi connectivity index (χ1) is 2.27. The van der Waals surface area contributed by atoms with Gasteiger partial charge < -0.3 is 0 Å². The van der Waals surface area contributed by atoms with Crippen molar-refractivity contribution in [3.05, 3.63) is 0 Å². The van der Waals surface area contributed by atoms with E-state index in [-0.39, 0.29) is 38.6 Å². The first kappa shape index (κ1) is 10.9. The normalized spacial score (nSPS) is 6.50. The maximum Gasteiger partial charge on any atom is 0 e. The van der Waals surface area contributed by atoms with Crippen molar-refractivity contribution < 1.29 is 51.7 Å². The van der Waals surface area contributed by atoms with Gasteiger partial charge in [0.05, 0.1) is 0 Å². The summed E-state index contributed by atoms with van der Waals surface area (Å²) < 4.78 is 3.91. The van der Waals surface area contributed by atoms with E-state index < -0.39 is 7.32 Å². The third-order valence-corrected chi connectivity index (χ3v) is 0.632. The smallest absolute Gasteiger partial charge is 0 e. The minimum atomic E-state index is -1.59. The Labute approximate surface area is 80.5 Å². The second kappa shape index (κ2) is 7.02. The Kier molecular flexibility index (Phi) is 12.8. The summed E-state index contributed by atoms with van der Waals surface area (Å²) in [5.41, 5.74) is 0. The summed E-state index contributed by atoms with van der Waals surface area (Å²) >= 11 is 0.902. The fraction of sp³-hybridized carbons (Fsp3) is 0. The van der Waals surface area contributed by atoms with Crippen LogP contribution in [0.15, 0.2) is 0 Å². The van der Waals surface area contributed by atoms with Crippen LogP contribution < -0.4 is 0 Å². The summed E-state index contributed by atoms with van der Waals surface area (Å²) in [5, 5.41) is 15.4. The van der Waals surface area contributed by atoms with Crippen molar-refractivity contribution in [1.82, 2.24) is 0 Å². The molecule has 6 heteroatoms. The van der Waals surface area contributed by atoms with Gasteiger partial charge in [-0.05, 0) is 0 Å². The molecule has 0 aliphatic carbocycles. The molecule has 0 unspecified atom stereocenters. The van der Waals surface area contributed by atoms with E-state index in [1.807, 2.05) is 0 Å². The van der Waals surface area contributed by atoms with Gasteiger partial charge in [0.2, 0.25) is 0 Å². The van der Waals surface area contributed by atoms with Crippen molar-refractivity contribution in [1.29, 1.82) is 0 Å². The molecule has 39 valence electrons. The zero-order chi connectivity index (χ0) is 4.28. The Hall–Kier alpha value is 2.02. The SMILES string of the molecule is OB(O)O[TeH].[Tb]. The summed E-state index contributed by atoms with van der Waals surface area (Å²) in [6.07, 6.45) is 0. The Morgan fingerprint density at radius 3 is 1.67 bits per heavy atom. The first-order valence-electron chi connectivity index (χ1n) is 0.935. The molecule has 0 aromatic carbocycles. The van der Waals surface area contributed by atoms with Gasteiger partial charge in [0.15, 0.2) is 0 Å². The number of hydrogen-bond acceptors (Lipinski definition) is 3. The van der Waals surface area contributed by atoms with E-state index in [1.54, 1.807) is 0 Å². The van der Waals surface area contributed by atoms with Gasteiger partial charge in [-0.3, -0.25) is 0 Å². The molecular weight excluding hydrogens is 345 g/mol. The maximum absolute atomic E-state index is 7.71. The van der Waals surface area contributed by atoms with E-state index in [0.29, 0.717) is 0 Å². The molecule has 0 bridgehead atoms. The number of hydrogen-bond donors (Lipinski definition) is 2. The van der Waals surface area contributed by atoms with Crippen LogP contribution in [-0.4, -0.2) is 40.1 Å². The molecule has 0 rings (SSSR count). The van der Waals surface area contributed by atoms with E-state index in [9.17, 15) is 0 Å². The molecule has 0 saturated carbocycles. The van der Waals surface area contributed by atoms with Crippen molar-refractivity contribution >= 4 is 30.0 Å². The average molecular weight is 348 g/mol. The van der Waals surface area contributed by atoms with Crippen LogP contribution in [0.5, 0.6) is 0 Å². The third-order valence-electron chi connectivity index (χ3n) is 0.0943. The summed E-state index contributed by atoms with van der Waals surface area (Å²) in [6, 6.07) is 0. The molecule has 0 amide bonds. The summed E-state index contributed by atoms with van der Waals surface area (Å²) in [6.45, 7) is 0. The molecule has 0 atom stereocenters. The molecule has 0 heterocycles. The van der Waals surface area contributed by atoms with E-state index >= 15 is 0 Å². The zero-order valence-corrected chi connectivity index (χ0v) is 7.35. The van der Waals surface area contributed by atoms with E-state index in [2.05, 4.69) is 3.02 Å². The summed E-state index contributed by atoms with van der Waals surface area (Å²) in [7, 11) is -1.59. The van der Waals surface area contributed by atoms with Crippen molar-refractivity contribution in [3.63, 3.8) is 0 Å². The Morgan fingerprint density at radius 2 is 1.67 bits per heavy atom. The summed E-state index contributed by atoms with van der Waals surface area (Å²) in [4.78, 5) is 0. The van der Waals surface area contributed by atoms with Crippen LogP contribution in [0.2, 0.25) is 0 Å². The van der Waals surface area contributed by atoms with Crippen molar-refractivity contribution in [2.24, 2.45) is 0 Å². The Balaban J connectivity index is 0. The van der Waals surface area contributed by atoms with Gasteiger partial charge in [-0.25, -0.2) is 0 Å². The standard InChI is InChI=1S/BH3O3Te.Tb/c2-1(3)4-5;/h2-3,5H;. The Bertz CT molecular complexity index is 24.8. The van der Waals surface area contributed by atoms with Crippen LogP contribution >= 0.6 is 0 Å². The second-order valence-electron chi connectivity index (χ2n) is 0.432. The monoisotopic (exact) mass is 351 g/mol. The maximum atomic E-state index is 7.71. The van der Waals surface area contributed by atoms with Crippen molar-refractivity contribution in [3.8, 4) is 0 Å². The molecule has 0 aromatic heterocycles. The van der Waals surface area contributed by atoms with Crippen LogP contribution in [0.4, 0.5) is 0 Å². The zero-order valence-electron chi connectivity index (χ0n) is 2.66. The quantitative estimate of drug-likeness (QED) is 0.529. The molecule has 6 heavy (non-hydrogen) atoms. The van der Waals surface area contributed by atoms with Crippen LogP contribution in [-0.2, 0) is 3.02 Å². The van der Waals surface area contributed by atoms with Crippen LogP contribution in [0.1, 0.15) is 0 Å². The molecule has 0 aliphatic rings. The van der Waals surface area contributed by atoms with Gasteiger partial charge in [0.25, 0.3) is 0 Å². The molecule has 1 radical (unpaired) electrons. The van der Waals surface area contributed by atoms with Crippen LogP contribution in [0.3, 0.4) is 0 Å².